The molecule has 2 N–H and O–H groups in total. The molecule has 0 saturated carbocycles. The minimum atomic E-state index is -4.30. The standard InChI is InChI=1S/C24H48NO8P/c1-4-5-6-7-8-9-10-11-12-13-14-15-16-17-24(27)30-20-23(33-22(2)26)21-32-34(28,29)31-19-18-25-3/h18,22-23,26H,4-17,19-21H2,1-3H3,(H,28,29). The second-order valence-corrected chi connectivity index (χ2v) is 9.99. The predicted molar refractivity (Wildman–Crippen MR) is 134 cm³/mol. The van der Waals surface area contributed by atoms with Crippen LogP contribution in [0.15, 0.2) is 4.99 Å². The van der Waals surface area contributed by atoms with Crippen LogP contribution in [0.4, 0.5) is 0 Å². The Bertz CT molecular complexity index is 559. The first-order valence-electron chi connectivity index (χ1n) is 12.8. The van der Waals surface area contributed by atoms with Gasteiger partial charge in [-0.25, -0.2) is 4.57 Å². The van der Waals surface area contributed by atoms with Crippen molar-refractivity contribution < 1.29 is 37.9 Å². The Kier molecular flexibility index (Phi) is 22.1. The summed E-state index contributed by atoms with van der Waals surface area (Å²) in [7, 11) is -2.80. The van der Waals surface area contributed by atoms with Crippen molar-refractivity contribution in [3.05, 3.63) is 0 Å². The maximum Gasteiger partial charge on any atom is 0.472 e. The molecule has 0 fully saturated rings. The highest BCUT2D eigenvalue weighted by Gasteiger charge is 2.25. The summed E-state index contributed by atoms with van der Waals surface area (Å²) in [4.78, 5) is 25.2. The van der Waals surface area contributed by atoms with E-state index in [-0.39, 0.29) is 25.8 Å². The van der Waals surface area contributed by atoms with Gasteiger partial charge in [0.25, 0.3) is 0 Å². The average Bonchev–Trinajstić information content (AvgIpc) is 2.78. The Labute approximate surface area is 206 Å². The Morgan fingerprint density at radius 3 is 1.94 bits per heavy atom. The summed E-state index contributed by atoms with van der Waals surface area (Å²) in [5.41, 5.74) is 0. The second kappa shape index (κ2) is 22.6. The van der Waals surface area contributed by atoms with E-state index in [9.17, 15) is 19.4 Å². The molecule has 0 radical (unpaired) electrons. The smallest absolute Gasteiger partial charge is 0.463 e. The highest BCUT2D eigenvalue weighted by atomic mass is 31.2. The number of rotatable bonds is 24. The van der Waals surface area contributed by atoms with Gasteiger partial charge in [-0.3, -0.25) is 18.8 Å². The minimum Gasteiger partial charge on any atom is -0.463 e. The minimum absolute atomic E-state index is 0.180. The lowest BCUT2D eigenvalue weighted by Gasteiger charge is -2.20. The van der Waals surface area contributed by atoms with E-state index < -0.39 is 20.2 Å². The van der Waals surface area contributed by atoms with Gasteiger partial charge in [-0.05, 0) is 13.3 Å². The molecule has 0 aliphatic heterocycles. The Morgan fingerprint density at radius 2 is 1.44 bits per heavy atom. The highest BCUT2D eigenvalue weighted by Crippen LogP contribution is 2.43. The molecule has 0 aromatic carbocycles. The average molecular weight is 510 g/mol. The topological polar surface area (TPSA) is 124 Å². The fraction of sp³-hybridized carbons (Fsp3) is 0.917. The number of ether oxygens (including phenoxy) is 2. The molecule has 0 aromatic heterocycles. The van der Waals surface area contributed by atoms with Gasteiger partial charge in [-0.15, -0.1) is 0 Å². The quantitative estimate of drug-likeness (QED) is 0.0569. The van der Waals surface area contributed by atoms with Gasteiger partial charge in [-0.1, -0.05) is 84.0 Å². The molecule has 3 unspecified atom stereocenters. The zero-order valence-corrected chi connectivity index (χ0v) is 22.4. The maximum absolute atomic E-state index is 12.0. The maximum atomic E-state index is 12.0. The number of carbonyl (C=O) groups is 1. The molecule has 0 aromatic rings. The van der Waals surface area contributed by atoms with Crippen molar-refractivity contribution in [2.24, 2.45) is 4.99 Å². The number of unbranched alkanes of at least 4 members (excludes halogenated alkanes) is 12. The molecule has 0 rings (SSSR count). The van der Waals surface area contributed by atoms with Crippen LogP contribution in [0.5, 0.6) is 0 Å². The lowest BCUT2D eigenvalue weighted by Crippen LogP contribution is -2.30. The molecule has 0 bridgehead atoms. The van der Waals surface area contributed by atoms with Gasteiger partial charge in [0.05, 0.1) is 13.2 Å². The van der Waals surface area contributed by atoms with Crippen LogP contribution in [0.3, 0.4) is 0 Å². The van der Waals surface area contributed by atoms with E-state index in [1.165, 1.54) is 84.4 Å². The van der Waals surface area contributed by atoms with Crippen LogP contribution in [0.25, 0.3) is 0 Å². The summed E-state index contributed by atoms with van der Waals surface area (Å²) >= 11 is 0. The summed E-state index contributed by atoms with van der Waals surface area (Å²) in [6, 6.07) is 0. The molecule has 0 amide bonds. The van der Waals surface area contributed by atoms with E-state index in [0.29, 0.717) is 6.42 Å². The third-order valence-electron chi connectivity index (χ3n) is 5.22. The lowest BCUT2D eigenvalue weighted by molar-refractivity contribution is -0.167. The monoisotopic (exact) mass is 509 g/mol. The second-order valence-electron chi connectivity index (χ2n) is 8.53. The Hall–Kier alpha value is -0.830. The first-order valence-corrected chi connectivity index (χ1v) is 14.3. The van der Waals surface area contributed by atoms with E-state index >= 15 is 0 Å². The fourth-order valence-electron chi connectivity index (χ4n) is 3.37. The van der Waals surface area contributed by atoms with Crippen LogP contribution in [-0.2, 0) is 27.9 Å². The van der Waals surface area contributed by atoms with Crippen LogP contribution in [0.2, 0.25) is 0 Å². The SMILES string of the molecule is CCCCCCCCCCCCCCCC(=O)OCC(COP(=O)(O)OCC=NC)OC(C)O. The molecule has 0 heterocycles. The number of phosphoric ester groups is 1. The number of nitrogens with zero attached hydrogens (tertiary/aromatic N) is 1. The Morgan fingerprint density at radius 1 is 0.912 bits per heavy atom. The van der Waals surface area contributed by atoms with Gasteiger partial charge in [0.2, 0.25) is 0 Å². The van der Waals surface area contributed by atoms with Crippen LogP contribution in [-0.4, -0.2) is 61.4 Å². The number of aliphatic imine (C=N–C) groups is 1. The van der Waals surface area contributed by atoms with E-state index in [1.54, 1.807) is 0 Å². The van der Waals surface area contributed by atoms with Gasteiger partial charge in [0.15, 0.2) is 6.29 Å². The summed E-state index contributed by atoms with van der Waals surface area (Å²) in [5, 5.41) is 9.43. The van der Waals surface area contributed by atoms with Crippen LogP contribution >= 0.6 is 7.82 Å². The van der Waals surface area contributed by atoms with Crippen molar-refractivity contribution >= 4 is 20.0 Å². The molecule has 10 heteroatoms. The first-order chi connectivity index (χ1) is 16.3. The Balaban J connectivity index is 3.86. The van der Waals surface area contributed by atoms with Gasteiger partial charge >= 0.3 is 13.8 Å². The molecule has 3 atom stereocenters. The number of carbonyl (C=O) groups excluding carboxylic acids is 1. The van der Waals surface area contributed by atoms with Gasteiger partial charge in [0, 0.05) is 19.7 Å². The fourth-order valence-corrected chi connectivity index (χ4v) is 4.05. The molecule has 34 heavy (non-hydrogen) atoms. The van der Waals surface area contributed by atoms with Crippen LogP contribution < -0.4 is 0 Å². The molecular formula is C24H48NO8P. The van der Waals surface area contributed by atoms with Crippen LogP contribution in [0, 0.1) is 0 Å². The van der Waals surface area contributed by atoms with Crippen molar-refractivity contribution in [3.63, 3.8) is 0 Å². The van der Waals surface area contributed by atoms with Gasteiger partial charge < -0.3 is 19.5 Å². The van der Waals surface area contributed by atoms with E-state index in [1.807, 2.05) is 0 Å². The van der Waals surface area contributed by atoms with E-state index in [0.717, 1.165) is 19.3 Å². The molecule has 0 aliphatic carbocycles. The first kappa shape index (κ1) is 33.2. The molecular weight excluding hydrogens is 461 g/mol. The molecule has 0 saturated heterocycles. The normalized spacial score (nSPS) is 15.3. The van der Waals surface area contributed by atoms with E-state index in [2.05, 4.69) is 11.9 Å². The third kappa shape index (κ3) is 22.9. The largest absolute Gasteiger partial charge is 0.472 e. The zero-order chi connectivity index (χ0) is 25.5. The summed E-state index contributed by atoms with van der Waals surface area (Å²) in [5.74, 6) is -0.371. The molecule has 9 nitrogen and oxygen atoms in total. The van der Waals surface area contributed by atoms with Crippen molar-refractivity contribution in [3.8, 4) is 0 Å². The van der Waals surface area contributed by atoms with Crippen molar-refractivity contribution in [1.82, 2.24) is 0 Å². The zero-order valence-electron chi connectivity index (χ0n) is 21.5. The number of aliphatic hydroxyl groups excluding tert-OH is 1. The summed E-state index contributed by atoms with van der Waals surface area (Å²) < 4.78 is 31.7. The highest BCUT2D eigenvalue weighted by molar-refractivity contribution is 7.47. The third-order valence-corrected chi connectivity index (χ3v) is 6.17. The number of esters is 1. The van der Waals surface area contributed by atoms with Crippen molar-refractivity contribution in [1.29, 1.82) is 0 Å². The van der Waals surface area contributed by atoms with Crippen molar-refractivity contribution in [2.75, 3.05) is 26.9 Å². The lowest BCUT2D eigenvalue weighted by atomic mass is 10.0. The number of hydrogen-bond donors (Lipinski definition) is 2. The molecule has 0 aliphatic rings. The number of phosphoric acid groups is 1. The van der Waals surface area contributed by atoms with Crippen molar-refractivity contribution in [2.45, 2.75) is 116 Å². The molecule has 202 valence electrons. The summed E-state index contributed by atoms with van der Waals surface area (Å²) in [6.45, 7) is 2.87. The van der Waals surface area contributed by atoms with Gasteiger partial charge in [0.1, 0.15) is 12.7 Å². The number of hydrogen-bond acceptors (Lipinski definition) is 8. The predicted octanol–water partition coefficient (Wildman–Crippen LogP) is 5.57. The van der Waals surface area contributed by atoms with E-state index in [4.69, 9.17) is 18.5 Å². The number of aliphatic hydroxyl groups is 1. The molecule has 0 spiro atoms. The summed E-state index contributed by atoms with van der Waals surface area (Å²) in [6.07, 6.45) is 15.6. The van der Waals surface area contributed by atoms with Gasteiger partial charge in [-0.2, -0.15) is 0 Å². The van der Waals surface area contributed by atoms with Crippen LogP contribution in [0.1, 0.15) is 104 Å².